The predicted molar refractivity (Wildman–Crippen MR) is 168 cm³/mol. The van der Waals surface area contributed by atoms with Crippen LogP contribution in [0.1, 0.15) is 49.0 Å². The van der Waals surface area contributed by atoms with E-state index in [1.807, 2.05) is 42.5 Å². The van der Waals surface area contributed by atoms with Gasteiger partial charge in [0.15, 0.2) is 11.5 Å². The third-order valence-electron chi connectivity index (χ3n) is 7.12. The van der Waals surface area contributed by atoms with Crippen LogP contribution in [-0.2, 0) is 14.3 Å². The highest BCUT2D eigenvalue weighted by atomic mass is 35.5. The van der Waals surface area contributed by atoms with Crippen molar-refractivity contribution in [1.29, 1.82) is 0 Å². The van der Waals surface area contributed by atoms with Crippen molar-refractivity contribution >= 4 is 23.6 Å². The molecule has 4 rings (SSSR count). The van der Waals surface area contributed by atoms with E-state index >= 15 is 0 Å². The molecule has 1 aliphatic heterocycles. The Balaban J connectivity index is 1.21. The summed E-state index contributed by atoms with van der Waals surface area (Å²) < 4.78 is 23.2. The number of esters is 1. The van der Waals surface area contributed by atoms with E-state index in [0.29, 0.717) is 19.0 Å². The minimum atomic E-state index is -0.355. The molecule has 1 fully saturated rings. The maximum Gasteiger partial charge on any atom is 0.330 e. The zero-order valence-corrected chi connectivity index (χ0v) is 25.2. The quantitative estimate of drug-likeness (QED) is 0.0839. The van der Waals surface area contributed by atoms with Crippen LogP contribution >= 0.6 is 11.6 Å². The molecule has 0 amide bonds. The smallest absolute Gasteiger partial charge is 0.330 e. The molecule has 42 heavy (non-hydrogen) atoms. The number of carbonyl (C=O) groups is 1. The maximum atomic E-state index is 11.4. The van der Waals surface area contributed by atoms with Crippen molar-refractivity contribution in [1.82, 2.24) is 4.90 Å². The Kier molecular flexibility index (Phi) is 12.5. The summed E-state index contributed by atoms with van der Waals surface area (Å²) in [5.41, 5.74) is 3.23. The van der Waals surface area contributed by atoms with Gasteiger partial charge >= 0.3 is 5.97 Å². The molecule has 3 aromatic carbocycles. The average Bonchev–Trinajstić information content (AvgIpc) is 3.02. The maximum absolute atomic E-state index is 11.4. The highest BCUT2D eigenvalue weighted by Crippen LogP contribution is 2.31. The number of rotatable bonds is 14. The zero-order chi connectivity index (χ0) is 29.6. The van der Waals surface area contributed by atoms with Gasteiger partial charge in [0, 0.05) is 30.7 Å². The summed E-state index contributed by atoms with van der Waals surface area (Å²) in [6, 6.07) is 24.2. The molecule has 0 bridgehead atoms. The van der Waals surface area contributed by atoms with Crippen LogP contribution < -0.4 is 9.47 Å². The number of halogens is 1. The van der Waals surface area contributed by atoms with Crippen molar-refractivity contribution in [2.75, 3.05) is 40.0 Å². The molecular formula is C35H40ClNO5. The second kappa shape index (κ2) is 16.8. The highest BCUT2D eigenvalue weighted by Gasteiger charge is 2.24. The third-order valence-corrected chi connectivity index (χ3v) is 7.37. The number of nitrogens with zero attached hydrogens (tertiary/aromatic N) is 1. The van der Waals surface area contributed by atoms with E-state index < -0.39 is 0 Å². The van der Waals surface area contributed by atoms with Gasteiger partial charge in [-0.05, 0) is 67.1 Å². The standard InChI is InChI=1S/C35H40ClNO5/c1-3-40-34(38)13-8-7-10-27-14-19-32(33(26-27)39-2)41-25-9-22-37-23-20-31(21-24-37)42-35(28-11-5-4-6-12-28)29-15-17-30(36)18-16-29/h4-8,10-19,26,31,35H,3,9,20-25H2,1-2H3. The molecule has 1 aliphatic rings. The first-order chi connectivity index (χ1) is 20.6. The lowest BCUT2D eigenvalue weighted by molar-refractivity contribution is -0.137. The lowest BCUT2D eigenvalue weighted by Crippen LogP contribution is -2.38. The van der Waals surface area contributed by atoms with Gasteiger partial charge in [0.1, 0.15) is 6.10 Å². The van der Waals surface area contributed by atoms with E-state index in [0.717, 1.165) is 66.4 Å². The Morgan fingerprint density at radius 1 is 0.976 bits per heavy atom. The Morgan fingerprint density at radius 2 is 1.71 bits per heavy atom. The fourth-order valence-corrected chi connectivity index (χ4v) is 5.07. The molecule has 0 spiro atoms. The van der Waals surface area contributed by atoms with Gasteiger partial charge in [-0.3, -0.25) is 0 Å². The van der Waals surface area contributed by atoms with E-state index in [4.69, 9.17) is 30.5 Å². The first kappa shape index (κ1) is 31.4. The van der Waals surface area contributed by atoms with Gasteiger partial charge in [0.05, 0.1) is 26.4 Å². The Hall–Kier alpha value is -3.58. The SMILES string of the molecule is CCOC(=O)C=CC=Cc1ccc(OCCCN2CCC(OC(c3ccccc3)c3ccc(Cl)cc3)CC2)c(OC)c1. The fraction of sp³-hybridized carbons (Fsp3) is 0.343. The summed E-state index contributed by atoms with van der Waals surface area (Å²) in [5.74, 6) is 1.04. The van der Waals surface area contributed by atoms with Crippen molar-refractivity contribution in [3.8, 4) is 11.5 Å². The molecule has 1 saturated heterocycles. The normalized spacial score (nSPS) is 15.2. The first-order valence-electron chi connectivity index (χ1n) is 14.6. The van der Waals surface area contributed by atoms with Gasteiger partial charge in [-0.15, -0.1) is 0 Å². The Morgan fingerprint density at radius 3 is 2.43 bits per heavy atom. The minimum Gasteiger partial charge on any atom is -0.493 e. The van der Waals surface area contributed by atoms with E-state index in [2.05, 4.69) is 41.3 Å². The van der Waals surface area contributed by atoms with E-state index in [9.17, 15) is 4.79 Å². The number of piperidine rings is 1. The summed E-state index contributed by atoms with van der Waals surface area (Å²) in [7, 11) is 1.64. The van der Waals surface area contributed by atoms with Crippen LogP contribution in [0.4, 0.5) is 0 Å². The number of methoxy groups -OCH3 is 1. The van der Waals surface area contributed by atoms with Crippen molar-refractivity contribution in [2.45, 2.75) is 38.4 Å². The Bertz CT molecular complexity index is 1300. The molecule has 0 aromatic heterocycles. The molecule has 222 valence electrons. The van der Waals surface area contributed by atoms with Crippen LogP contribution in [0.5, 0.6) is 11.5 Å². The van der Waals surface area contributed by atoms with Gasteiger partial charge in [-0.1, -0.05) is 78.4 Å². The topological polar surface area (TPSA) is 57.2 Å². The van der Waals surface area contributed by atoms with Gasteiger partial charge in [0.25, 0.3) is 0 Å². The zero-order valence-electron chi connectivity index (χ0n) is 24.4. The van der Waals surface area contributed by atoms with Crippen molar-refractivity contribution in [2.24, 2.45) is 0 Å². The molecule has 6 nitrogen and oxygen atoms in total. The second-order valence-corrected chi connectivity index (χ2v) is 10.5. The number of allylic oxidation sites excluding steroid dienone is 2. The second-order valence-electron chi connectivity index (χ2n) is 10.1. The van der Waals surface area contributed by atoms with Gasteiger partial charge in [0.2, 0.25) is 0 Å². The van der Waals surface area contributed by atoms with Crippen LogP contribution in [0.3, 0.4) is 0 Å². The molecule has 1 heterocycles. The lowest BCUT2D eigenvalue weighted by atomic mass is 10.00. The van der Waals surface area contributed by atoms with Gasteiger partial charge in [-0.2, -0.15) is 0 Å². The van der Waals surface area contributed by atoms with Gasteiger partial charge in [-0.25, -0.2) is 4.79 Å². The van der Waals surface area contributed by atoms with E-state index in [1.54, 1.807) is 26.2 Å². The Labute approximate surface area is 254 Å². The van der Waals surface area contributed by atoms with Gasteiger partial charge < -0.3 is 23.8 Å². The number of carbonyl (C=O) groups excluding carboxylic acids is 1. The molecule has 0 aliphatic carbocycles. The predicted octanol–water partition coefficient (Wildman–Crippen LogP) is 7.52. The van der Waals surface area contributed by atoms with E-state index in [-0.39, 0.29) is 18.2 Å². The fourth-order valence-electron chi connectivity index (χ4n) is 4.94. The number of ether oxygens (including phenoxy) is 4. The minimum absolute atomic E-state index is 0.105. The average molecular weight is 590 g/mol. The van der Waals surface area contributed by atoms with Crippen molar-refractivity contribution < 1.29 is 23.7 Å². The highest BCUT2D eigenvalue weighted by molar-refractivity contribution is 6.30. The molecule has 1 atom stereocenters. The molecule has 0 N–H and O–H groups in total. The molecular weight excluding hydrogens is 550 g/mol. The van der Waals surface area contributed by atoms with Crippen LogP contribution in [0.25, 0.3) is 6.08 Å². The summed E-state index contributed by atoms with van der Waals surface area (Å²) >= 11 is 6.14. The summed E-state index contributed by atoms with van der Waals surface area (Å²) in [6.45, 7) is 5.73. The largest absolute Gasteiger partial charge is 0.493 e. The number of hydrogen-bond donors (Lipinski definition) is 0. The number of benzene rings is 3. The number of likely N-dealkylation sites (tertiary alicyclic amines) is 1. The monoisotopic (exact) mass is 589 g/mol. The van der Waals surface area contributed by atoms with Crippen LogP contribution in [0, 0.1) is 0 Å². The van der Waals surface area contributed by atoms with Crippen LogP contribution in [0.15, 0.2) is 91.0 Å². The lowest BCUT2D eigenvalue weighted by Gasteiger charge is -2.34. The third kappa shape index (κ3) is 9.76. The number of hydrogen-bond acceptors (Lipinski definition) is 6. The molecule has 0 radical (unpaired) electrons. The summed E-state index contributed by atoms with van der Waals surface area (Å²) in [6.07, 6.45) is 9.75. The summed E-state index contributed by atoms with van der Waals surface area (Å²) in [5, 5.41) is 0.729. The van der Waals surface area contributed by atoms with Crippen molar-refractivity contribution in [3.63, 3.8) is 0 Å². The van der Waals surface area contributed by atoms with E-state index in [1.165, 1.54) is 6.08 Å². The van der Waals surface area contributed by atoms with Crippen LogP contribution in [0.2, 0.25) is 5.02 Å². The molecule has 7 heteroatoms. The molecule has 3 aromatic rings. The first-order valence-corrected chi connectivity index (χ1v) is 14.9. The molecule has 0 saturated carbocycles. The molecule has 1 unspecified atom stereocenters. The van der Waals surface area contributed by atoms with Crippen LogP contribution in [-0.4, -0.2) is 56.9 Å². The summed E-state index contributed by atoms with van der Waals surface area (Å²) in [4.78, 5) is 13.9. The van der Waals surface area contributed by atoms with Crippen molar-refractivity contribution in [3.05, 3.63) is 113 Å².